The summed E-state index contributed by atoms with van der Waals surface area (Å²) >= 11 is 14.7. The largest absolute Gasteiger partial charge is 0.302 e. The molecular weight excluding hydrogens is 347 g/mol. The molecule has 0 saturated carbocycles. The molecule has 3 aromatic rings. The molecule has 0 saturated heterocycles. The molecule has 1 N–H and O–H groups in total. The Morgan fingerprint density at radius 3 is 2.81 bits per heavy atom. The van der Waals surface area contributed by atoms with Crippen LogP contribution in [-0.2, 0) is 11.2 Å². The predicted octanol–water partition coefficient (Wildman–Crippen LogP) is 5.15. The Labute approximate surface area is 139 Å². The van der Waals surface area contributed by atoms with Gasteiger partial charge in [-0.05, 0) is 36.8 Å². The summed E-state index contributed by atoms with van der Waals surface area (Å²) in [5.41, 5.74) is 1.87. The second kappa shape index (κ2) is 5.93. The first-order chi connectivity index (χ1) is 10.0. The van der Waals surface area contributed by atoms with Crippen molar-refractivity contribution in [2.45, 2.75) is 13.3 Å². The maximum Gasteiger partial charge on any atom is 0.231 e. The van der Waals surface area contributed by atoms with Crippen molar-refractivity contribution < 1.29 is 4.79 Å². The summed E-state index contributed by atoms with van der Waals surface area (Å²) in [6.07, 6.45) is 0.299. The van der Waals surface area contributed by atoms with E-state index >= 15 is 0 Å². The summed E-state index contributed by atoms with van der Waals surface area (Å²) in [6.45, 7) is 1.95. The van der Waals surface area contributed by atoms with Gasteiger partial charge in [0.25, 0.3) is 0 Å². The Balaban J connectivity index is 1.78. The quantitative estimate of drug-likeness (QED) is 0.704. The van der Waals surface area contributed by atoms with E-state index in [1.54, 1.807) is 6.07 Å². The number of aromatic nitrogens is 1. The van der Waals surface area contributed by atoms with E-state index in [4.69, 9.17) is 23.2 Å². The van der Waals surface area contributed by atoms with Crippen LogP contribution in [0.15, 0.2) is 24.3 Å². The van der Waals surface area contributed by atoms with Gasteiger partial charge in [0, 0.05) is 9.90 Å². The monoisotopic (exact) mass is 356 g/mol. The average Bonchev–Trinajstić information content (AvgIpc) is 2.95. The van der Waals surface area contributed by atoms with Gasteiger partial charge in [0.1, 0.15) is 0 Å². The third-order valence-corrected chi connectivity index (χ3v) is 5.23. The lowest BCUT2D eigenvalue weighted by atomic mass is 10.2. The minimum Gasteiger partial charge on any atom is -0.302 e. The number of thiophene rings is 1. The van der Waals surface area contributed by atoms with Crippen LogP contribution in [0.4, 0.5) is 5.13 Å². The lowest BCUT2D eigenvalue weighted by Gasteiger charge is -1.98. The number of carbonyl (C=O) groups is 1. The number of benzene rings is 1. The van der Waals surface area contributed by atoms with E-state index in [0.717, 1.165) is 20.7 Å². The molecular formula is C14H10Cl2N2OS2. The van der Waals surface area contributed by atoms with Crippen molar-refractivity contribution in [3.05, 3.63) is 44.1 Å². The average molecular weight is 357 g/mol. The molecule has 0 atom stereocenters. The molecule has 0 spiro atoms. The van der Waals surface area contributed by atoms with Crippen LogP contribution in [0.25, 0.3) is 10.2 Å². The van der Waals surface area contributed by atoms with Crippen LogP contribution in [0.2, 0.25) is 9.36 Å². The normalized spacial score (nSPS) is 11.0. The van der Waals surface area contributed by atoms with E-state index in [1.807, 2.05) is 25.1 Å². The fourth-order valence-electron chi connectivity index (χ4n) is 1.98. The zero-order valence-electron chi connectivity index (χ0n) is 10.9. The first-order valence-corrected chi connectivity index (χ1v) is 8.51. The summed E-state index contributed by atoms with van der Waals surface area (Å²) in [5.74, 6) is -0.101. The van der Waals surface area contributed by atoms with Crippen LogP contribution < -0.4 is 5.32 Å². The molecule has 0 aliphatic heterocycles. The van der Waals surface area contributed by atoms with Crippen molar-refractivity contribution in [3.63, 3.8) is 0 Å². The number of fused-ring (bicyclic) bond motifs is 1. The summed E-state index contributed by atoms with van der Waals surface area (Å²) in [5, 5.41) is 4.09. The number of anilines is 1. The number of aryl methyl sites for hydroxylation is 1. The highest BCUT2D eigenvalue weighted by Gasteiger charge is 2.11. The van der Waals surface area contributed by atoms with E-state index in [2.05, 4.69) is 10.3 Å². The van der Waals surface area contributed by atoms with Crippen molar-refractivity contribution in [2.24, 2.45) is 0 Å². The van der Waals surface area contributed by atoms with Gasteiger partial charge in [-0.1, -0.05) is 34.5 Å². The van der Waals surface area contributed by atoms with E-state index < -0.39 is 0 Å². The number of nitrogens with zero attached hydrogens (tertiary/aromatic N) is 1. The number of rotatable bonds is 3. The third-order valence-electron chi connectivity index (χ3n) is 2.86. The molecule has 0 aliphatic carbocycles. The molecule has 108 valence electrons. The number of amides is 1. The van der Waals surface area contributed by atoms with Gasteiger partial charge in [-0.2, -0.15) is 0 Å². The molecule has 3 nitrogen and oxygen atoms in total. The molecule has 0 radical (unpaired) electrons. The minimum absolute atomic E-state index is 0.101. The summed E-state index contributed by atoms with van der Waals surface area (Å²) in [4.78, 5) is 17.4. The van der Waals surface area contributed by atoms with Gasteiger partial charge in [0.15, 0.2) is 5.13 Å². The number of carbonyl (C=O) groups excluding carboxylic acids is 1. The molecule has 0 fully saturated rings. The van der Waals surface area contributed by atoms with Gasteiger partial charge >= 0.3 is 0 Å². The lowest BCUT2D eigenvalue weighted by molar-refractivity contribution is -0.115. The Morgan fingerprint density at radius 1 is 1.29 bits per heavy atom. The van der Waals surface area contributed by atoms with Gasteiger partial charge in [-0.3, -0.25) is 4.79 Å². The van der Waals surface area contributed by atoms with Crippen molar-refractivity contribution in [1.29, 1.82) is 0 Å². The Bertz CT molecular complexity index is 826. The Kier molecular flexibility index (Phi) is 4.17. The molecule has 0 aliphatic rings. The Morgan fingerprint density at radius 2 is 2.10 bits per heavy atom. The van der Waals surface area contributed by atoms with E-state index in [9.17, 15) is 4.79 Å². The molecule has 7 heteroatoms. The molecule has 3 rings (SSSR count). The summed E-state index contributed by atoms with van der Waals surface area (Å²) < 4.78 is 1.65. The Hall–Kier alpha value is -1.14. The van der Waals surface area contributed by atoms with Crippen LogP contribution in [-0.4, -0.2) is 10.9 Å². The van der Waals surface area contributed by atoms with Crippen molar-refractivity contribution >= 4 is 67.1 Å². The van der Waals surface area contributed by atoms with E-state index in [-0.39, 0.29) is 5.91 Å². The fraction of sp³-hybridized carbons (Fsp3) is 0.143. The smallest absolute Gasteiger partial charge is 0.231 e. The maximum absolute atomic E-state index is 12.0. The molecule has 21 heavy (non-hydrogen) atoms. The van der Waals surface area contributed by atoms with E-state index in [0.29, 0.717) is 20.9 Å². The number of thiazole rings is 1. The number of halogens is 2. The van der Waals surface area contributed by atoms with Crippen LogP contribution in [0.1, 0.15) is 10.4 Å². The molecule has 2 aromatic heterocycles. The number of hydrogen-bond donors (Lipinski definition) is 1. The first kappa shape index (κ1) is 14.8. The van der Waals surface area contributed by atoms with Crippen molar-refractivity contribution in [2.75, 3.05) is 5.32 Å². The van der Waals surface area contributed by atoms with Crippen LogP contribution >= 0.6 is 45.9 Å². The highest BCUT2D eigenvalue weighted by molar-refractivity contribution is 7.22. The molecule has 0 unspecified atom stereocenters. The standard InChI is InChI=1S/C14H10Cl2N2OS2/c1-7-4-8(15)5-10-13(7)18-14(21-10)17-12(19)6-9-2-3-11(16)20-9/h2-5H,6H2,1H3,(H,17,18,19). The van der Waals surface area contributed by atoms with Gasteiger partial charge in [-0.25, -0.2) is 4.98 Å². The second-order valence-corrected chi connectivity index (χ2v) is 7.79. The highest BCUT2D eigenvalue weighted by atomic mass is 35.5. The topological polar surface area (TPSA) is 42.0 Å². The lowest BCUT2D eigenvalue weighted by Crippen LogP contribution is -2.13. The predicted molar refractivity (Wildman–Crippen MR) is 91.0 cm³/mol. The zero-order valence-corrected chi connectivity index (χ0v) is 14.1. The maximum atomic E-state index is 12.0. The summed E-state index contributed by atoms with van der Waals surface area (Å²) in [7, 11) is 0. The SMILES string of the molecule is Cc1cc(Cl)cc2sc(NC(=O)Cc3ccc(Cl)s3)nc12. The number of nitrogens with one attached hydrogen (secondary N) is 1. The molecule has 2 heterocycles. The molecule has 0 bridgehead atoms. The molecule has 1 aromatic carbocycles. The van der Waals surface area contributed by atoms with Crippen LogP contribution in [0, 0.1) is 6.92 Å². The minimum atomic E-state index is -0.101. The van der Waals surface area contributed by atoms with Gasteiger partial charge in [0.05, 0.1) is 21.0 Å². The highest BCUT2D eigenvalue weighted by Crippen LogP contribution is 2.31. The van der Waals surface area contributed by atoms with Crippen molar-refractivity contribution in [1.82, 2.24) is 4.98 Å². The molecule has 1 amide bonds. The first-order valence-electron chi connectivity index (χ1n) is 6.12. The van der Waals surface area contributed by atoms with Gasteiger partial charge in [0.2, 0.25) is 5.91 Å². The van der Waals surface area contributed by atoms with Crippen LogP contribution in [0.3, 0.4) is 0 Å². The number of hydrogen-bond acceptors (Lipinski definition) is 4. The second-order valence-electron chi connectivity index (χ2n) is 4.52. The van der Waals surface area contributed by atoms with Gasteiger partial charge < -0.3 is 5.32 Å². The zero-order chi connectivity index (χ0) is 15.0. The van der Waals surface area contributed by atoms with Crippen LogP contribution in [0.5, 0.6) is 0 Å². The summed E-state index contributed by atoms with van der Waals surface area (Å²) in [6, 6.07) is 7.37. The fourth-order valence-corrected chi connectivity index (χ4v) is 4.40. The van der Waals surface area contributed by atoms with Gasteiger partial charge in [-0.15, -0.1) is 11.3 Å². The third kappa shape index (κ3) is 3.37. The van der Waals surface area contributed by atoms with Crippen molar-refractivity contribution in [3.8, 4) is 0 Å². The van der Waals surface area contributed by atoms with E-state index in [1.165, 1.54) is 22.7 Å².